The number of unbranched alkanes of at least 4 members (excludes halogenated alkanes) is 7. The highest BCUT2D eigenvalue weighted by atomic mass is 16.3. The summed E-state index contributed by atoms with van der Waals surface area (Å²) in [6, 6.07) is 0. The second kappa shape index (κ2) is 13.1. The SMILES string of the molecule is CCCCCCCCCC=CCC(O)C(C)CC. The molecule has 108 valence electrons. The summed E-state index contributed by atoms with van der Waals surface area (Å²) in [5.41, 5.74) is 0. The molecule has 1 N–H and O–H groups in total. The minimum Gasteiger partial charge on any atom is -0.393 e. The fraction of sp³-hybridized carbons (Fsp3) is 0.882. The van der Waals surface area contributed by atoms with Crippen LogP contribution in [0, 0.1) is 5.92 Å². The van der Waals surface area contributed by atoms with Crippen LogP contribution < -0.4 is 0 Å². The summed E-state index contributed by atoms with van der Waals surface area (Å²) in [7, 11) is 0. The van der Waals surface area contributed by atoms with Gasteiger partial charge in [-0.3, -0.25) is 0 Å². The van der Waals surface area contributed by atoms with Gasteiger partial charge in [0.2, 0.25) is 0 Å². The molecule has 1 nitrogen and oxygen atoms in total. The Kier molecular flexibility index (Phi) is 12.9. The van der Waals surface area contributed by atoms with E-state index in [2.05, 4.69) is 32.9 Å². The summed E-state index contributed by atoms with van der Waals surface area (Å²) in [6.07, 6.45) is 16.9. The molecule has 2 atom stereocenters. The van der Waals surface area contributed by atoms with Gasteiger partial charge in [-0.2, -0.15) is 0 Å². The van der Waals surface area contributed by atoms with E-state index in [1.54, 1.807) is 0 Å². The summed E-state index contributed by atoms with van der Waals surface area (Å²) in [4.78, 5) is 0. The van der Waals surface area contributed by atoms with Crippen molar-refractivity contribution < 1.29 is 5.11 Å². The van der Waals surface area contributed by atoms with Crippen LogP contribution in [0.5, 0.6) is 0 Å². The van der Waals surface area contributed by atoms with E-state index in [1.165, 1.54) is 51.4 Å². The van der Waals surface area contributed by atoms with Gasteiger partial charge in [0.05, 0.1) is 6.10 Å². The molecule has 0 fully saturated rings. The van der Waals surface area contributed by atoms with E-state index in [-0.39, 0.29) is 6.10 Å². The molecule has 0 radical (unpaired) electrons. The Labute approximate surface area is 115 Å². The number of aliphatic hydroxyl groups is 1. The zero-order chi connectivity index (χ0) is 13.6. The van der Waals surface area contributed by atoms with Gasteiger partial charge in [0.25, 0.3) is 0 Å². The maximum absolute atomic E-state index is 9.79. The average molecular weight is 254 g/mol. The van der Waals surface area contributed by atoms with Gasteiger partial charge in [-0.1, -0.05) is 77.9 Å². The zero-order valence-electron chi connectivity index (χ0n) is 12.8. The summed E-state index contributed by atoms with van der Waals surface area (Å²) < 4.78 is 0. The number of allylic oxidation sites excluding steroid dienone is 1. The third-order valence-electron chi connectivity index (χ3n) is 3.82. The summed E-state index contributed by atoms with van der Waals surface area (Å²) in [5, 5.41) is 9.79. The van der Waals surface area contributed by atoms with E-state index in [1.807, 2.05) is 0 Å². The maximum Gasteiger partial charge on any atom is 0.0600 e. The maximum atomic E-state index is 9.79. The molecule has 0 bridgehead atoms. The molecule has 0 saturated heterocycles. The molecule has 0 heterocycles. The number of hydrogen-bond donors (Lipinski definition) is 1. The van der Waals surface area contributed by atoms with Crippen LogP contribution in [0.15, 0.2) is 12.2 Å². The lowest BCUT2D eigenvalue weighted by atomic mass is 9.99. The molecule has 0 aliphatic carbocycles. The molecule has 0 amide bonds. The first-order valence-corrected chi connectivity index (χ1v) is 8.05. The second-order valence-electron chi connectivity index (χ2n) is 5.57. The molecule has 0 spiro atoms. The largest absolute Gasteiger partial charge is 0.393 e. The van der Waals surface area contributed by atoms with Crippen LogP contribution in [0.2, 0.25) is 0 Å². The van der Waals surface area contributed by atoms with Crippen LogP contribution >= 0.6 is 0 Å². The lowest BCUT2D eigenvalue weighted by molar-refractivity contribution is 0.117. The van der Waals surface area contributed by atoms with E-state index >= 15 is 0 Å². The van der Waals surface area contributed by atoms with Gasteiger partial charge < -0.3 is 5.11 Å². The van der Waals surface area contributed by atoms with Crippen LogP contribution in [-0.4, -0.2) is 11.2 Å². The lowest BCUT2D eigenvalue weighted by Crippen LogP contribution is -2.15. The summed E-state index contributed by atoms with van der Waals surface area (Å²) in [6.45, 7) is 6.52. The fourth-order valence-electron chi connectivity index (χ4n) is 2.08. The van der Waals surface area contributed by atoms with Gasteiger partial charge in [0, 0.05) is 0 Å². The smallest absolute Gasteiger partial charge is 0.0600 e. The highest BCUT2D eigenvalue weighted by molar-refractivity contribution is 4.85. The molecule has 18 heavy (non-hydrogen) atoms. The first-order valence-electron chi connectivity index (χ1n) is 8.05. The Morgan fingerprint density at radius 3 is 2.11 bits per heavy atom. The van der Waals surface area contributed by atoms with Crippen molar-refractivity contribution in [2.24, 2.45) is 5.92 Å². The highest BCUT2D eigenvalue weighted by Gasteiger charge is 2.09. The molecule has 0 aromatic rings. The Balaban J connectivity index is 3.28. The summed E-state index contributed by atoms with van der Waals surface area (Å²) in [5.74, 6) is 0.424. The third-order valence-corrected chi connectivity index (χ3v) is 3.82. The quantitative estimate of drug-likeness (QED) is 0.361. The van der Waals surface area contributed by atoms with Crippen molar-refractivity contribution in [2.75, 3.05) is 0 Å². The molecular weight excluding hydrogens is 220 g/mol. The lowest BCUT2D eigenvalue weighted by Gasteiger charge is -2.14. The van der Waals surface area contributed by atoms with Gasteiger partial charge in [-0.05, 0) is 25.2 Å². The van der Waals surface area contributed by atoms with Crippen molar-refractivity contribution >= 4 is 0 Å². The zero-order valence-corrected chi connectivity index (χ0v) is 12.8. The molecule has 2 unspecified atom stereocenters. The molecular formula is C17H34O. The van der Waals surface area contributed by atoms with Crippen molar-refractivity contribution in [3.05, 3.63) is 12.2 Å². The Bertz CT molecular complexity index is 186. The van der Waals surface area contributed by atoms with Crippen molar-refractivity contribution in [3.8, 4) is 0 Å². The monoisotopic (exact) mass is 254 g/mol. The molecule has 0 aromatic carbocycles. The number of aliphatic hydroxyl groups excluding tert-OH is 1. The van der Waals surface area contributed by atoms with Gasteiger partial charge in [-0.25, -0.2) is 0 Å². The summed E-state index contributed by atoms with van der Waals surface area (Å²) >= 11 is 0. The van der Waals surface area contributed by atoms with Crippen molar-refractivity contribution in [3.63, 3.8) is 0 Å². The Morgan fingerprint density at radius 1 is 0.889 bits per heavy atom. The van der Waals surface area contributed by atoms with Gasteiger partial charge in [-0.15, -0.1) is 0 Å². The predicted octanol–water partition coefficient (Wildman–Crippen LogP) is 5.48. The normalized spacial score (nSPS) is 15.1. The standard InChI is InChI=1S/C17H34O/c1-4-6-7-8-9-10-11-12-13-14-15-17(18)16(3)5-2/h13-14,16-18H,4-12,15H2,1-3H3. The van der Waals surface area contributed by atoms with E-state index in [0.29, 0.717) is 5.92 Å². The van der Waals surface area contributed by atoms with Crippen molar-refractivity contribution in [2.45, 2.75) is 91.1 Å². The van der Waals surface area contributed by atoms with Crippen LogP contribution in [0.1, 0.15) is 85.0 Å². The van der Waals surface area contributed by atoms with Gasteiger partial charge >= 0.3 is 0 Å². The third kappa shape index (κ3) is 10.8. The molecule has 0 aliphatic heterocycles. The first kappa shape index (κ1) is 17.7. The Hall–Kier alpha value is -0.300. The van der Waals surface area contributed by atoms with Crippen molar-refractivity contribution in [1.82, 2.24) is 0 Å². The van der Waals surface area contributed by atoms with E-state index in [0.717, 1.165) is 12.8 Å². The van der Waals surface area contributed by atoms with E-state index < -0.39 is 0 Å². The fourth-order valence-corrected chi connectivity index (χ4v) is 2.08. The van der Waals surface area contributed by atoms with E-state index in [4.69, 9.17) is 0 Å². The number of rotatable bonds is 12. The van der Waals surface area contributed by atoms with Crippen LogP contribution in [-0.2, 0) is 0 Å². The van der Waals surface area contributed by atoms with Crippen LogP contribution in [0.3, 0.4) is 0 Å². The molecule has 0 rings (SSSR count). The molecule has 0 aromatic heterocycles. The average Bonchev–Trinajstić information content (AvgIpc) is 2.39. The van der Waals surface area contributed by atoms with Gasteiger partial charge in [0.1, 0.15) is 0 Å². The minimum atomic E-state index is -0.153. The Morgan fingerprint density at radius 2 is 1.50 bits per heavy atom. The molecule has 1 heteroatoms. The second-order valence-corrected chi connectivity index (χ2v) is 5.57. The van der Waals surface area contributed by atoms with Gasteiger partial charge in [0.15, 0.2) is 0 Å². The van der Waals surface area contributed by atoms with E-state index in [9.17, 15) is 5.11 Å². The predicted molar refractivity (Wildman–Crippen MR) is 81.8 cm³/mol. The first-order chi connectivity index (χ1) is 8.72. The topological polar surface area (TPSA) is 20.2 Å². The number of hydrogen-bond acceptors (Lipinski definition) is 1. The molecule has 0 aliphatic rings. The highest BCUT2D eigenvalue weighted by Crippen LogP contribution is 2.12. The minimum absolute atomic E-state index is 0.153. The van der Waals surface area contributed by atoms with Crippen LogP contribution in [0.4, 0.5) is 0 Å². The van der Waals surface area contributed by atoms with Crippen LogP contribution in [0.25, 0.3) is 0 Å². The molecule has 0 saturated carbocycles. The van der Waals surface area contributed by atoms with Crippen molar-refractivity contribution in [1.29, 1.82) is 0 Å².